The van der Waals surface area contributed by atoms with E-state index in [9.17, 15) is 19.2 Å². The molecule has 0 unspecified atom stereocenters. The van der Waals surface area contributed by atoms with Gasteiger partial charge in [0.05, 0.1) is 24.7 Å². The van der Waals surface area contributed by atoms with Crippen molar-refractivity contribution in [2.45, 2.75) is 65.6 Å². The van der Waals surface area contributed by atoms with Gasteiger partial charge in [0.15, 0.2) is 0 Å². The van der Waals surface area contributed by atoms with Crippen molar-refractivity contribution in [3.05, 3.63) is 25.3 Å². The summed E-state index contributed by atoms with van der Waals surface area (Å²) < 4.78 is 20.9. The largest absolute Gasteiger partial charge is 0.461 e. The third kappa shape index (κ3) is 16.6. The Morgan fingerprint density at radius 1 is 0.706 bits per heavy atom. The molecule has 0 fully saturated rings. The lowest BCUT2D eigenvalue weighted by Crippen LogP contribution is -2.29. The van der Waals surface area contributed by atoms with Crippen LogP contribution in [-0.2, 0) is 38.1 Å². The van der Waals surface area contributed by atoms with E-state index in [1.165, 1.54) is 33.7 Å². The minimum Gasteiger partial charge on any atom is -0.461 e. The summed E-state index contributed by atoms with van der Waals surface area (Å²) >= 11 is 0. The van der Waals surface area contributed by atoms with Crippen molar-refractivity contribution in [1.29, 1.82) is 0 Å². The van der Waals surface area contributed by atoms with Crippen LogP contribution >= 0.6 is 21.6 Å². The first-order chi connectivity index (χ1) is 15.7. The highest BCUT2D eigenvalue weighted by Gasteiger charge is 2.29. The first-order valence-electron chi connectivity index (χ1n) is 10.9. The Balaban J connectivity index is 5.04. The van der Waals surface area contributed by atoms with Crippen LogP contribution in [0.1, 0.15) is 54.4 Å². The van der Waals surface area contributed by atoms with Crippen LogP contribution in [0, 0.1) is 11.8 Å². The first-order valence-corrected chi connectivity index (χ1v) is 13.4. The normalized spacial score (nSPS) is 13.2. The van der Waals surface area contributed by atoms with E-state index in [4.69, 9.17) is 18.9 Å². The van der Waals surface area contributed by atoms with Crippen molar-refractivity contribution in [3.63, 3.8) is 0 Å². The maximum absolute atomic E-state index is 12.4. The van der Waals surface area contributed by atoms with Crippen LogP contribution < -0.4 is 0 Å². The van der Waals surface area contributed by atoms with E-state index in [0.29, 0.717) is 0 Å². The van der Waals surface area contributed by atoms with Gasteiger partial charge in [-0.05, 0) is 41.5 Å². The van der Waals surface area contributed by atoms with Crippen molar-refractivity contribution in [1.82, 2.24) is 0 Å². The highest BCUT2D eigenvalue weighted by atomic mass is 33.1. The van der Waals surface area contributed by atoms with E-state index in [0.717, 1.165) is 0 Å². The summed E-state index contributed by atoms with van der Waals surface area (Å²) in [5.74, 6) is -3.04. The van der Waals surface area contributed by atoms with Gasteiger partial charge in [-0.15, -0.1) is 0 Å². The van der Waals surface area contributed by atoms with Crippen LogP contribution in [0.25, 0.3) is 0 Å². The van der Waals surface area contributed by atoms with E-state index in [-0.39, 0.29) is 37.6 Å². The average Bonchev–Trinajstić information content (AvgIpc) is 2.68. The second kappa shape index (κ2) is 15.9. The predicted molar refractivity (Wildman–Crippen MR) is 135 cm³/mol. The van der Waals surface area contributed by atoms with E-state index in [2.05, 4.69) is 13.2 Å². The molecule has 194 valence electrons. The molecule has 0 aromatic carbocycles. The Morgan fingerprint density at radius 2 is 1.03 bits per heavy atom. The zero-order valence-corrected chi connectivity index (χ0v) is 22.7. The molecule has 0 N–H and O–H groups in total. The van der Waals surface area contributed by atoms with E-state index >= 15 is 0 Å². The molecule has 0 spiro atoms. The first kappa shape index (κ1) is 32.1. The van der Waals surface area contributed by atoms with Crippen LogP contribution in [-0.4, -0.2) is 59.8 Å². The summed E-state index contributed by atoms with van der Waals surface area (Å²) in [5.41, 5.74) is -1.34. The number of hydrogen-bond donors (Lipinski definition) is 0. The lowest BCUT2D eigenvalue weighted by molar-refractivity contribution is -0.160. The van der Waals surface area contributed by atoms with Gasteiger partial charge in [-0.25, -0.2) is 0 Å². The number of rotatable bonds is 15. The average molecular weight is 519 g/mol. The van der Waals surface area contributed by atoms with Gasteiger partial charge in [-0.3, -0.25) is 19.2 Å². The Labute approximate surface area is 211 Å². The third-order valence-electron chi connectivity index (χ3n) is 3.64. The number of hydrogen-bond acceptors (Lipinski definition) is 10. The Bertz CT molecular complexity index is 647. The smallest absolute Gasteiger partial charge is 0.310 e. The zero-order chi connectivity index (χ0) is 26.4. The van der Waals surface area contributed by atoms with E-state index in [1.807, 2.05) is 0 Å². The van der Waals surface area contributed by atoms with E-state index in [1.54, 1.807) is 41.5 Å². The van der Waals surface area contributed by atoms with Gasteiger partial charge in [0, 0.05) is 11.5 Å². The van der Waals surface area contributed by atoms with Crippen LogP contribution in [0.5, 0.6) is 0 Å². The zero-order valence-electron chi connectivity index (χ0n) is 21.0. The van der Waals surface area contributed by atoms with Gasteiger partial charge in [-0.1, -0.05) is 46.9 Å². The molecule has 0 radical (unpaired) electrons. The van der Waals surface area contributed by atoms with Crippen LogP contribution in [0.2, 0.25) is 0 Å². The molecular formula is C24H38O8S2. The Kier molecular flexibility index (Phi) is 15.0. The Morgan fingerprint density at radius 3 is 1.29 bits per heavy atom. The summed E-state index contributed by atoms with van der Waals surface area (Å²) in [4.78, 5) is 49.2. The molecule has 0 heterocycles. The molecule has 0 aliphatic heterocycles. The van der Waals surface area contributed by atoms with Crippen molar-refractivity contribution in [3.8, 4) is 0 Å². The minimum absolute atomic E-state index is 0.0363. The van der Waals surface area contributed by atoms with Crippen LogP contribution in [0.3, 0.4) is 0 Å². The maximum Gasteiger partial charge on any atom is 0.310 e. The molecule has 0 aromatic rings. The van der Waals surface area contributed by atoms with Crippen LogP contribution in [0.15, 0.2) is 25.3 Å². The summed E-state index contributed by atoms with van der Waals surface area (Å²) in [7, 11) is 2.59. The second-order valence-corrected chi connectivity index (χ2v) is 11.9. The molecule has 0 rings (SSSR count). The van der Waals surface area contributed by atoms with Gasteiger partial charge in [0.25, 0.3) is 0 Å². The molecule has 10 heteroatoms. The van der Waals surface area contributed by atoms with Gasteiger partial charge >= 0.3 is 23.9 Å². The van der Waals surface area contributed by atoms with Gasteiger partial charge in [-0.2, -0.15) is 0 Å². The fourth-order valence-corrected chi connectivity index (χ4v) is 4.96. The number of carbonyl (C=O) groups is 4. The van der Waals surface area contributed by atoms with Crippen molar-refractivity contribution in [2.75, 3.05) is 24.7 Å². The monoisotopic (exact) mass is 518 g/mol. The fraction of sp³-hybridized carbons (Fsp3) is 0.667. The minimum atomic E-state index is -0.732. The van der Waals surface area contributed by atoms with Crippen molar-refractivity contribution >= 4 is 45.5 Å². The van der Waals surface area contributed by atoms with Gasteiger partial charge in [0.1, 0.15) is 24.4 Å². The molecule has 0 saturated carbocycles. The molecule has 0 aromatic heterocycles. The molecule has 0 aliphatic carbocycles. The summed E-state index contributed by atoms with van der Waals surface area (Å²) in [6.07, 6.45) is 2.62. The summed E-state index contributed by atoms with van der Waals surface area (Å²) in [6, 6.07) is 0. The number of esters is 4. The fourth-order valence-electron chi connectivity index (χ4n) is 2.37. The summed E-state index contributed by atoms with van der Waals surface area (Å²) in [5, 5.41) is 0. The quantitative estimate of drug-likeness (QED) is 0.101. The lowest BCUT2D eigenvalue weighted by Gasteiger charge is -2.22. The van der Waals surface area contributed by atoms with Crippen molar-refractivity contribution < 1.29 is 38.1 Å². The second-order valence-electron chi connectivity index (χ2n) is 9.38. The molecular weight excluding hydrogens is 480 g/mol. The Hall–Kier alpha value is -1.94. The third-order valence-corrected chi connectivity index (χ3v) is 6.20. The topological polar surface area (TPSA) is 105 Å². The molecule has 0 amide bonds. The van der Waals surface area contributed by atoms with Gasteiger partial charge in [0.2, 0.25) is 0 Å². The molecule has 0 saturated heterocycles. The SMILES string of the molecule is C=CCOC(=O)[C@H](CSSC[C@H](CC(=O)OC(C)(C)C)C(=O)OCC=C)CC(=O)OC(C)(C)C. The summed E-state index contributed by atoms with van der Waals surface area (Å²) in [6.45, 7) is 17.6. The van der Waals surface area contributed by atoms with Crippen molar-refractivity contribution in [2.24, 2.45) is 11.8 Å². The van der Waals surface area contributed by atoms with Crippen LogP contribution in [0.4, 0.5) is 0 Å². The molecule has 0 aliphatic rings. The predicted octanol–water partition coefficient (Wildman–Crippen LogP) is 4.52. The molecule has 0 bridgehead atoms. The highest BCUT2D eigenvalue weighted by molar-refractivity contribution is 8.76. The lowest BCUT2D eigenvalue weighted by atomic mass is 10.1. The van der Waals surface area contributed by atoms with E-state index < -0.39 is 46.9 Å². The molecule has 2 atom stereocenters. The number of ether oxygens (including phenoxy) is 4. The number of carbonyl (C=O) groups excluding carboxylic acids is 4. The molecule has 8 nitrogen and oxygen atoms in total. The highest BCUT2D eigenvalue weighted by Crippen LogP contribution is 2.30. The molecule has 34 heavy (non-hydrogen) atoms. The standard InChI is InChI=1S/C24H38O8S2/c1-9-11-29-21(27)17(13-19(25)31-23(3,4)5)15-33-34-16-18(22(28)30-12-10-2)14-20(26)32-24(6,7)8/h9-10,17-18H,1-2,11-16H2,3-8H3/t17-,18-/m0/s1. The maximum atomic E-state index is 12.4. The van der Waals surface area contributed by atoms with Gasteiger partial charge < -0.3 is 18.9 Å².